The minimum Gasteiger partial charge on any atom is -0.480 e. The Bertz CT molecular complexity index is 1650. The number of hydrogen-bond donors (Lipinski definition) is 2. The highest BCUT2D eigenvalue weighted by atomic mass is 19.4. The van der Waals surface area contributed by atoms with Crippen LogP contribution in [-0.2, 0) is 4.79 Å². The first-order chi connectivity index (χ1) is 21.0. The number of halogens is 3. The molecule has 1 spiro atoms. The molecule has 2 saturated heterocycles. The fourth-order valence-electron chi connectivity index (χ4n) is 6.09. The standard InChI is InChI=1S/C31H32F3N7O3/c1-19-7-12-41(39-19)25-15-22(21-5-10-35-11-6-21)3-4-23(25)28(31(32,33)34)44-27-16-26(37-20(2)38-27)40-13-8-30(9-14-40)17-24(29(42)43)36-18-30/h3-7,10-12,15-16,24,28,36H,8-9,13-14,17-18H2,1-2H3,(H,42,43)/t24?,28-/m1/s1. The molecular weight excluding hydrogens is 575 g/mol. The third-order valence-electron chi connectivity index (χ3n) is 8.44. The zero-order valence-electron chi connectivity index (χ0n) is 24.3. The second kappa shape index (κ2) is 11.5. The Morgan fingerprint density at radius 2 is 1.82 bits per heavy atom. The van der Waals surface area contributed by atoms with Gasteiger partial charge in [0.05, 0.1) is 11.4 Å². The maximum atomic E-state index is 14.8. The molecule has 0 saturated carbocycles. The summed E-state index contributed by atoms with van der Waals surface area (Å²) in [5.41, 5.74) is 2.15. The molecular formula is C31H32F3N7O3. The van der Waals surface area contributed by atoms with E-state index in [1.807, 2.05) is 4.90 Å². The first-order valence-corrected chi connectivity index (χ1v) is 14.4. The number of aryl methyl sites for hydroxylation is 2. The smallest absolute Gasteiger partial charge is 0.429 e. The van der Waals surface area contributed by atoms with Crippen LogP contribution in [0, 0.1) is 19.3 Å². The third kappa shape index (κ3) is 6.09. The van der Waals surface area contributed by atoms with Gasteiger partial charge in [0.2, 0.25) is 12.0 Å². The van der Waals surface area contributed by atoms with Gasteiger partial charge in [-0.1, -0.05) is 12.1 Å². The van der Waals surface area contributed by atoms with Crippen LogP contribution in [0.5, 0.6) is 5.88 Å². The van der Waals surface area contributed by atoms with Crippen molar-refractivity contribution in [2.45, 2.75) is 51.4 Å². The number of nitrogens with one attached hydrogen (secondary N) is 1. The van der Waals surface area contributed by atoms with E-state index in [0.29, 0.717) is 43.1 Å². The summed E-state index contributed by atoms with van der Waals surface area (Å²) >= 11 is 0. The fourth-order valence-corrected chi connectivity index (χ4v) is 6.09. The SMILES string of the molecule is Cc1ccn(-c2cc(-c3ccncc3)ccc2[C@@H](Oc2cc(N3CCC4(CC3)CNC(C(=O)O)C4)nc(C)n2)C(F)(F)F)n1. The Balaban J connectivity index is 1.30. The highest BCUT2D eigenvalue weighted by molar-refractivity contribution is 5.74. The van der Waals surface area contributed by atoms with Crippen molar-refractivity contribution in [3.05, 3.63) is 78.1 Å². The summed E-state index contributed by atoms with van der Waals surface area (Å²) in [6.45, 7) is 5.18. The number of aromatic nitrogens is 5. The van der Waals surface area contributed by atoms with Crippen LogP contribution in [0.4, 0.5) is 19.0 Å². The molecule has 3 aromatic heterocycles. The van der Waals surface area contributed by atoms with Gasteiger partial charge in [0, 0.05) is 49.9 Å². The highest BCUT2D eigenvalue weighted by Gasteiger charge is 2.46. The normalized spacial score (nSPS) is 18.8. The van der Waals surface area contributed by atoms with Crippen LogP contribution in [0.25, 0.3) is 16.8 Å². The predicted octanol–water partition coefficient (Wildman–Crippen LogP) is 5.06. The predicted molar refractivity (Wildman–Crippen MR) is 156 cm³/mol. The van der Waals surface area contributed by atoms with Crippen LogP contribution in [0.1, 0.15) is 42.4 Å². The lowest BCUT2D eigenvalue weighted by Gasteiger charge is -2.39. The molecule has 5 heterocycles. The van der Waals surface area contributed by atoms with Crippen molar-refractivity contribution < 1.29 is 27.8 Å². The first kappa shape index (κ1) is 29.5. The molecule has 0 amide bonds. The van der Waals surface area contributed by atoms with Crippen LogP contribution >= 0.6 is 0 Å². The number of nitrogens with zero attached hydrogens (tertiary/aromatic N) is 6. The molecule has 2 aliphatic rings. The minimum atomic E-state index is -4.78. The van der Waals surface area contributed by atoms with Crippen LogP contribution in [0.2, 0.25) is 0 Å². The average molecular weight is 608 g/mol. The number of carbonyl (C=O) groups is 1. The number of carboxylic acids is 1. The van der Waals surface area contributed by atoms with E-state index in [-0.39, 0.29) is 28.4 Å². The number of benzene rings is 1. The maximum Gasteiger partial charge on any atom is 0.429 e. The summed E-state index contributed by atoms with van der Waals surface area (Å²) in [6, 6.07) is 10.9. The van der Waals surface area contributed by atoms with Crippen LogP contribution in [0.15, 0.2) is 61.1 Å². The lowest BCUT2D eigenvalue weighted by atomic mass is 9.76. The minimum absolute atomic E-state index is 0.113. The van der Waals surface area contributed by atoms with E-state index in [9.17, 15) is 23.1 Å². The molecule has 4 aromatic rings. The van der Waals surface area contributed by atoms with Gasteiger partial charge < -0.3 is 20.1 Å². The largest absolute Gasteiger partial charge is 0.480 e. The molecule has 2 aliphatic heterocycles. The number of pyridine rings is 1. The van der Waals surface area contributed by atoms with Crippen molar-refractivity contribution in [3.8, 4) is 22.7 Å². The topological polar surface area (TPSA) is 118 Å². The summed E-state index contributed by atoms with van der Waals surface area (Å²) in [6.07, 6.45) is -0.214. The van der Waals surface area contributed by atoms with Crippen molar-refractivity contribution >= 4 is 11.8 Å². The summed E-state index contributed by atoms with van der Waals surface area (Å²) in [4.78, 5) is 26.2. The monoisotopic (exact) mass is 607 g/mol. The molecule has 230 valence electrons. The van der Waals surface area contributed by atoms with Crippen molar-refractivity contribution in [2.75, 3.05) is 24.5 Å². The van der Waals surface area contributed by atoms with Gasteiger partial charge in [-0.05, 0) is 73.9 Å². The molecule has 2 fully saturated rings. The fraction of sp³-hybridized carbons (Fsp3) is 0.387. The van der Waals surface area contributed by atoms with Gasteiger partial charge in [-0.3, -0.25) is 9.78 Å². The maximum absolute atomic E-state index is 14.8. The summed E-state index contributed by atoms with van der Waals surface area (Å²) in [5.74, 6) is -0.290. The zero-order chi connectivity index (χ0) is 31.1. The Labute approximate surface area is 251 Å². The van der Waals surface area contributed by atoms with E-state index in [4.69, 9.17) is 4.74 Å². The average Bonchev–Trinajstić information content (AvgIpc) is 3.62. The molecule has 0 radical (unpaired) electrons. The number of piperidine rings is 1. The quantitative estimate of drug-likeness (QED) is 0.297. The number of aliphatic carboxylic acids is 1. The number of rotatable bonds is 7. The molecule has 10 nitrogen and oxygen atoms in total. The summed E-state index contributed by atoms with van der Waals surface area (Å²) in [7, 11) is 0. The number of carboxylic acid groups (broad SMARTS) is 1. The molecule has 0 aliphatic carbocycles. The van der Waals surface area contributed by atoms with Gasteiger partial charge in [-0.25, -0.2) is 9.67 Å². The van der Waals surface area contributed by atoms with Crippen LogP contribution in [0.3, 0.4) is 0 Å². The number of anilines is 1. The van der Waals surface area contributed by atoms with Crippen LogP contribution < -0.4 is 15.0 Å². The van der Waals surface area contributed by atoms with Crippen molar-refractivity contribution in [3.63, 3.8) is 0 Å². The van der Waals surface area contributed by atoms with E-state index in [1.165, 1.54) is 16.8 Å². The second-order valence-electron chi connectivity index (χ2n) is 11.5. The molecule has 6 rings (SSSR count). The van der Waals surface area contributed by atoms with E-state index < -0.39 is 24.3 Å². The molecule has 2 N–H and O–H groups in total. The Kier molecular flexibility index (Phi) is 7.74. The van der Waals surface area contributed by atoms with Gasteiger partial charge in [0.15, 0.2) is 0 Å². The second-order valence-corrected chi connectivity index (χ2v) is 11.5. The van der Waals surface area contributed by atoms with Crippen LogP contribution in [-0.4, -0.2) is 67.7 Å². The van der Waals surface area contributed by atoms with Gasteiger partial charge in [0.1, 0.15) is 17.7 Å². The summed E-state index contributed by atoms with van der Waals surface area (Å²) in [5, 5.41) is 16.9. The molecule has 0 bridgehead atoms. The first-order valence-electron chi connectivity index (χ1n) is 14.4. The third-order valence-corrected chi connectivity index (χ3v) is 8.44. The lowest BCUT2D eigenvalue weighted by molar-refractivity contribution is -0.198. The molecule has 1 unspecified atom stereocenters. The van der Waals surface area contributed by atoms with Gasteiger partial charge in [0.25, 0.3) is 0 Å². The van der Waals surface area contributed by atoms with Crippen molar-refractivity contribution in [2.24, 2.45) is 5.41 Å². The van der Waals surface area contributed by atoms with Crippen molar-refractivity contribution in [1.29, 1.82) is 0 Å². The number of hydrogen-bond acceptors (Lipinski definition) is 8. The lowest BCUT2D eigenvalue weighted by Crippen LogP contribution is -2.41. The molecule has 44 heavy (non-hydrogen) atoms. The number of ether oxygens (including phenoxy) is 1. The van der Waals surface area contributed by atoms with Gasteiger partial charge >= 0.3 is 12.1 Å². The molecule has 1 aromatic carbocycles. The number of alkyl halides is 3. The van der Waals surface area contributed by atoms with E-state index in [1.54, 1.807) is 62.8 Å². The zero-order valence-corrected chi connectivity index (χ0v) is 24.3. The van der Waals surface area contributed by atoms with E-state index in [2.05, 4.69) is 25.4 Å². The molecule has 2 atom stereocenters. The highest BCUT2D eigenvalue weighted by Crippen LogP contribution is 2.42. The summed E-state index contributed by atoms with van der Waals surface area (Å²) < 4.78 is 51.4. The van der Waals surface area contributed by atoms with Gasteiger partial charge in [-0.2, -0.15) is 23.3 Å². The van der Waals surface area contributed by atoms with Crippen molar-refractivity contribution in [1.82, 2.24) is 30.0 Å². The Morgan fingerprint density at radius 3 is 2.45 bits per heavy atom. The van der Waals surface area contributed by atoms with Gasteiger partial charge in [-0.15, -0.1) is 0 Å². The Morgan fingerprint density at radius 1 is 1.07 bits per heavy atom. The van der Waals surface area contributed by atoms with E-state index >= 15 is 0 Å². The molecule has 13 heteroatoms. The Hall–Kier alpha value is -4.52. The van der Waals surface area contributed by atoms with E-state index in [0.717, 1.165) is 18.4 Å².